The molecular formula is C22H20N6O3. The Bertz CT molecular complexity index is 1200. The van der Waals surface area contributed by atoms with Crippen LogP contribution < -0.4 is 16.0 Å². The molecule has 31 heavy (non-hydrogen) atoms. The van der Waals surface area contributed by atoms with Gasteiger partial charge in [-0.25, -0.2) is 9.78 Å². The number of hydrogen-bond acceptors (Lipinski definition) is 6. The molecule has 0 aliphatic heterocycles. The number of carbonyl (C=O) groups is 1. The van der Waals surface area contributed by atoms with Crippen LogP contribution in [0.1, 0.15) is 36.9 Å². The van der Waals surface area contributed by atoms with Crippen molar-refractivity contribution in [1.29, 1.82) is 5.26 Å². The summed E-state index contributed by atoms with van der Waals surface area (Å²) in [5, 5.41) is 29.9. The van der Waals surface area contributed by atoms with Crippen molar-refractivity contribution in [2.75, 3.05) is 10.6 Å². The Labute approximate surface area is 178 Å². The number of rotatable bonds is 6. The van der Waals surface area contributed by atoms with Crippen LogP contribution in [0.5, 0.6) is 0 Å². The van der Waals surface area contributed by atoms with Crippen molar-refractivity contribution in [2.45, 2.75) is 31.8 Å². The maximum Gasteiger partial charge on any atom is 0.319 e. The van der Waals surface area contributed by atoms with E-state index in [-0.39, 0.29) is 17.8 Å². The SMILES string of the molecule is CC(Nc1cc(C#N)c2cc([N+](=O)[O-])ccc2n1)c1ccc(NC(=O)NC2CC2)cc1. The molecule has 2 amide bonds. The molecule has 0 saturated heterocycles. The van der Waals surface area contributed by atoms with Gasteiger partial charge in [0.1, 0.15) is 5.82 Å². The molecule has 1 atom stereocenters. The summed E-state index contributed by atoms with van der Waals surface area (Å²) >= 11 is 0. The number of nitriles is 1. The molecule has 3 aromatic rings. The van der Waals surface area contributed by atoms with E-state index in [1.807, 2.05) is 31.2 Å². The lowest BCUT2D eigenvalue weighted by atomic mass is 10.1. The van der Waals surface area contributed by atoms with E-state index in [1.54, 1.807) is 6.07 Å². The van der Waals surface area contributed by atoms with Crippen molar-refractivity contribution >= 4 is 34.1 Å². The first-order valence-electron chi connectivity index (χ1n) is 9.86. The third-order valence-electron chi connectivity index (χ3n) is 5.07. The van der Waals surface area contributed by atoms with Gasteiger partial charge in [-0.1, -0.05) is 12.1 Å². The van der Waals surface area contributed by atoms with E-state index < -0.39 is 4.92 Å². The molecule has 4 rings (SSSR count). The predicted molar refractivity (Wildman–Crippen MR) is 117 cm³/mol. The number of non-ortho nitro benzene ring substituents is 1. The van der Waals surface area contributed by atoms with Gasteiger partial charge < -0.3 is 16.0 Å². The van der Waals surface area contributed by atoms with Gasteiger partial charge in [-0.2, -0.15) is 5.26 Å². The number of nitrogens with one attached hydrogen (secondary N) is 3. The first kappa shape index (κ1) is 20.1. The molecule has 1 heterocycles. The first-order valence-corrected chi connectivity index (χ1v) is 9.86. The molecule has 3 N–H and O–H groups in total. The maximum absolute atomic E-state index is 11.8. The highest BCUT2D eigenvalue weighted by Crippen LogP contribution is 2.27. The lowest BCUT2D eigenvalue weighted by Crippen LogP contribution is -2.30. The Kier molecular flexibility index (Phi) is 5.37. The van der Waals surface area contributed by atoms with Crippen molar-refractivity contribution in [3.8, 4) is 6.07 Å². The van der Waals surface area contributed by atoms with Gasteiger partial charge in [0.25, 0.3) is 5.69 Å². The average molecular weight is 416 g/mol. The lowest BCUT2D eigenvalue weighted by molar-refractivity contribution is -0.384. The lowest BCUT2D eigenvalue weighted by Gasteiger charge is -2.16. The van der Waals surface area contributed by atoms with Crippen LogP contribution in [-0.2, 0) is 0 Å². The monoisotopic (exact) mass is 416 g/mol. The van der Waals surface area contributed by atoms with Crippen LogP contribution in [-0.4, -0.2) is 22.0 Å². The third-order valence-corrected chi connectivity index (χ3v) is 5.07. The molecular weight excluding hydrogens is 396 g/mol. The van der Waals surface area contributed by atoms with Gasteiger partial charge in [-0.3, -0.25) is 10.1 Å². The van der Waals surface area contributed by atoms with Crippen molar-refractivity contribution in [3.63, 3.8) is 0 Å². The summed E-state index contributed by atoms with van der Waals surface area (Å²) in [6.45, 7) is 1.95. The van der Waals surface area contributed by atoms with E-state index in [9.17, 15) is 20.2 Å². The van der Waals surface area contributed by atoms with Gasteiger partial charge in [-0.05, 0) is 49.6 Å². The molecule has 0 bridgehead atoms. The summed E-state index contributed by atoms with van der Waals surface area (Å²) in [6.07, 6.45) is 2.06. The van der Waals surface area contributed by atoms with Gasteiger partial charge >= 0.3 is 6.03 Å². The predicted octanol–water partition coefficient (Wildman–Crippen LogP) is 4.47. The second-order valence-electron chi connectivity index (χ2n) is 7.49. The summed E-state index contributed by atoms with van der Waals surface area (Å²) in [6, 6.07) is 15.4. The molecule has 1 aliphatic carbocycles. The van der Waals surface area contributed by atoms with Crippen LogP contribution in [0.25, 0.3) is 10.9 Å². The van der Waals surface area contributed by atoms with Crippen molar-refractivity contribution < 1.29 is 9.72 Å². The number of aromatic nitrogens is 1. The summed E-state index contributed by atoms with van der Waals surface area (Å²) in [4.78, 5) is 26.8. The molecule has 9 nitrogen and oxygen atoms in total. The normalized spacial score (nSPS) is 13.8. The number of pyridine rings is 1. The molecule has 0 spiro atoms. The number of amides is 2. The van der Waals surface area contributed by atoms with E-state index in [0.29, 0.717) is 34.0 Å². The summed E-state index contributed by atoms with van der Waals surface area (Å²) < 4.78 is 0. The molecule has 9 heteroatoms. The second kappa shape index (κ2) is 8.28. The molecule has 1 fully saturated rings. The fourth-order valence-corrected chi connectivity index (χ4v) is 3.23. The summed E-state index contributed by atoms with van der Waals surface area (Å²) in [7, 11) is 0. The Morgan fingerprint density at radius 1 is 1.23 bits per heavy atom. The third kappa shape index (κ3) is 4.70. The number of anilines is 2. The number of fused-ring (bicyclic) bond motifs is 1. The number of carbonyl (C=O) groups excluding carboxylic acids is 1. The minimum absolute atomic E-state index is 0.0839. The minimum Gasteiger partial charge on any atom is -0.363 e. The standard InChI is InChI=1S/C22H20N6O3/c1-13(14-2-4-16(5-3-14)25-22(29)26-17-6-7-17)24-21-10-15(12-23)19-11-18(28(30)31)8-9-20(19)27-21/h2-5,8-11,13,17H,6-7H2,1H3,(H,24,27)(H2,25,26,29). The zero-order chi connectivity index (χ0) is 22.0. The average Bonchev–Trinajstić information content (AvgIpc) is 3.57. The van der Waals surface area contributed by atoms with E-state index in [0.717, 1.165) is 18.4 Å². The molecule has 1 saturated carbocycles. The zero-order valence-electron chi connectivity index (χ0n) is 16.8. The van der Waals surface area contributed by atoms with Crippen molar-refractivity contribution in [3.05, 3.63) is 69.8 Å². The molecule has 1 aliphatic rings. The highest BCUT2D eigenvalue weighted by Gasteiger charge is 2.23. The van der Waals surface area contributed by atoms with E-state index in [2.05, 4.69) is 27.0 Å². The highest BCUT2D eigenvalue weighted by atomic mass is 16.6. The molecule has 2 aromatic carbocycles. The van der Waals surface area contributed by atoms with E-state index in [4.69, 9.17) is 0 Å². The van der Waals surface area contributed by atoms with Crippen LogP contribution in [0.4, 0.5) is 22.0 Å². The van der Waals surface area contributed by atoms with Crippen LogP contribution in [0.15, 0.2) is 48.5 Å². The van der Waals surface area contributed by atoms with Gasteiger partial charge in [0, 0.05) is 35.3 Å². The minimum atomic E-state index is -0.497. The molecule has 156 valence electrons. The number of nitro groups is 1. The van der Waals surface area contributed by atoms with Crippen LogP contribution in [0.2, 0.25) is 0 Å². The Balaban J connectivity index is 1.49. The zero-order valence-corrected chi connectivity index (χ0v) is 16.8. The van der Waals surface area contributed by atoms with Crippen LogP contribution in [0.3, 0.4) is 0 Å². The summed E-state index contributed by atoms with van der Waals surface area (Å²) in [5.41, 5.74) is 2.40. The molecule has 1 unspecified atom stereocenters. The van der Waals surface area contributed by atoms with Crippen LogP contribution >= 0.6 is 0 Å². The fraction of sp³-hybridized carbons (Fsp3) is 0.227. The molecule has 1 aromatic heterocycles. The van der Waals surface area contributed by atoms with Crippen molar-refractivity contribution in [1.82, 2.24) is 10.3 Å². The van der Waals surface area contributed by atoms with Gasteiger partial charge in [0.2, 0.25) is 0 Å². The first-order chi connectivity index (χ1) is 14.9. The van der Waals surface area contributed by atoms with E-state index in [1.165, 1.54) is 18.2 Å². The van der Waals surface area contributed by atoms with E-state index >= 15 is 0 Å². The van der Waals surface area contributed by atoms with Gasteiger partial charge in [0.15, 0.2) is 0 Å². The Hall–Kier alpha value is -4.19. The fourth-order valence-electron chi connectivity index (χ4n) is 3.23. The highest BCUT2D eigenvalue weighted by molar-refractivity contribution is 5.90. The molecule has 0 radical (unpaired) electrons. The number of nitrogens with zero attached hydrogens (tertiary/aromatic N) is 3. The number of hydrogen-bond donors (Lipinski definition) is 3. The Morgan fingerprint density at radius 2 is 1.97 bits per heavy atom. The Morgan fingerprint density at radius 3 is 2.61 bits per heavy atom. The smallest absolute Gasteiger partial charge is 0.319 e. The largest absolute Gasteiger partial charge is 0.363 e. The number of nitro benzene ring substituents is 1. The number of urea groups is 1. The van der Waals surface area contributed by atoms with Crippen LogP contribution in [0, 0.1) is 21.4 Å². The quantitative estimate of drug-likeness (QED) is 0.401. The topological polar surface area (TPSA) is 133 Å². The second-order valence-corrected chi connectivity index (χ2v) is 7.49. The maximum atomic E-state index is 11.8. The van der Waals surface area contributed by atoms with Gasteiger partial charge in [-0.15, -0.1) is 0 Å². The van der Waals surface area contributed by atoms with Gasteiger partial charge in [0.05, 0.1) is 22.1 Å². The summed E-state index contributed by atoms with van der Waals surface area (Å²) in [5.74, 6) is 0.497. The van der Waals surface area contributed by atoms with Crippen molar-refractivity contribution in [2.24, 2.45) is 0 Å². The number of benzene rings is 2.